The van der Waals surface area contributed by atoms with Crippen LogP contribution in [0.4, 0.5) is 0 Å². The van der Waals surface area contributed by atoms with Crippen LogP contribution < -0.4 is 4.74 Å². The molecule has 1 atom stereocenters. The molecule has 0 aliphatic carbocycles. The van der Waals surface area contributed by atoms with Gasteiger partial charge in [-0.15, -0.1) is 0 Å². The summed E-state index contributed by atoms with van der Waals surface area (Å²) >= 11 is 0. The molecule has 7 heteroatoms. The second-order valence-electron chi connectivity index (χ2n) is 5.92. The maximum atomic E-state index is 11.8. The molecule has 0 radical (unpaired) electrons. The van der Waals surface area contributed by atoms with Crippen molar-refractivity contribution in [3.8, 4) is 5.75 Å². The first-order valence-electron chi connectivity index (χ1n) is 6.50. The zero-order valence-corrected chi connectivity index (χ0v) is 13.3. The van der Waals surface area contributed by atoms with Gasteiger partial charge in [-0.2, -0.15) is 4.31 Å². The van der Waals surface area contributed by atoms with E-state index in [1.54, 1.807) is 6.07 Å². The lowest BCUT2D eigenvalue weighted by atomic mass is 9.89. The number of rotatable bonds is 3. The quantitative estimate of drug-likeness (QED) is 0.921. The normalized spacial score (nSPS) is 20.7. The van der Waals surface area contributed by atoms with Gasteiger partial charge in [-0.3, -0.25) is 0 Å². The van der Waals surface area contributed by atoms with Crippen molar-refractivity contribution in [1.29, 1.82) is 0 Å². The van der Waals surface area contributed by atoms with Gasteiger partial charge in [-0.05, 0) is 32.0 Å². The third-order valence-corrected chi connectivity index (χ3v) is 4.95. The van der Waals surface area contributed by atoms with Crippen LogP contribution in [0, 0.1) is 0 Å². The lowest BCUT2D eigenvalue weighted by molar-refractivity contribution is 0.0540. The Morgan fingerprint density at radius 1 is 1.43 bits per heavy atom. The highest BCUT2D eigenvalue weighted by Crippen LogP contribution is 2.43. The summed E-state index contributed by atoms with van der Waals surface area (Å²) in [4.78, 5) is 11.1. The largest absolute Gasteiger partial charge is 0.487 e. The van der Waals surface area contributed by atoms with Gasteiger partial charge >= 0.3 is 5.97 Å². The number of ether oxygens (including phenoxy) is 1. The Labute approximate surface area is 124 Å². The molecule has 1 aliphatic rings. The van der Waals surface area contributed by atoms with E-state index in [4.69, 9.17) is 9.84 Å². The number of aromatic carboxylic acids is 1. The number of hydrogen-bond donors (Lipinski definition) is 1. The smallest absolute Gasteiger partial charge is 0.335 e. The third kappa shape index (κ3) is 3.19. The zero-order chi connectivity index (χ0) is 16.0. The van der Waals surface area contributed by atoms with E-state index in [1.165, 1.54) is 23.5 Å². The topological polar surface area (TPSA) is 83.9 Å². The molecule has 1 unspecified atom stereocenters. The van der Waals surface area contributed by atoms with E-state index in [0.29, 0.717) is 17.7 Å². The Balaban J connectivity index is 2.57. The van der Waals surface area contributed by atoms with Gasteiger partial charge < -0.3 is 9.84 Å². The van der Waals surface area contributed by atoms with E-state index in [1.807, 2.05) is 13.8 Å². The van der Waals surface area contributed by atoms with E-state index in [-0.39, 0.29) is 5.56 Å². The molecule has 6 nitrogen and oxygen atoms in total. The predicted molar refractivity (Wildman–Crippen MR) is 78.1 cm³/mol. The first-order valence-corrected chi connectivity index (χ1v) is 8.35. The Bertz CT molecular complexity index is 681. The van der Waals surface area contributed by atoms with E-state index in [0.717, 1.165) is 6.26 Å². The number of fused-ring (bicyclic) bond motifs is 1. The summed E-state index contributed by atoms with van der Waals surface area (Å²) in [5, 5.41) is 9.10. The summed E-state index contributed by atoms with van der Waals surface area (Å²) in [5.41, 5.74) is 0.174. The number of benzene rings is 1. The molecule has 0 saturated carbocycles. The van der Waals surface area contributed by atoms with Gasteiger partial charge in [0.05, 0.1) is 17.9 Å². The molecule has 0 bridgehead atoms. The Morgan fingerprint density at radius 2 is 2.05 bits per heavy atom. The number of carboxylic acid groups (broad SMARTS) is 1. The van der Waals surface area contributed by atoms with E-state index in [2.05, 4.69) is 0 Å². The van der Waals surface area contributed by atoms with Gasteiger partial charge in [0, 0.05) is 19.0 Å². The summed E-state index contributed by atoms with van der Waals surface area (Å²) in [7, 11) is -1.90. The van der Waals surface area contributed by atoms with Crippen LogP contribution in [-0.2, 0) is 10.0 Å². The summed E-state index contributed by atoms with van der Waals surface area (Å²) < 4.78 is 30.8. The van der Waals surface area contributed by atoms with Gasteiger partial charge in [-0.1, -0.05) is 0 Å². The van der Waals surface area contributed by atoms with Crippen molar-refractivity contribution < 1.29 is 23.1 Å². The molecule has 1 N–H and O–H groups in total. The van der Waals surface area contributed by atoms with Crippen molar-refractivity contribution >= 4 is 16.0 Å². The van der Waals surface area contributed by atoms with Crippen LogP contribution in [0.1, 0.15) is 42.2 Å². The molecule has 0 fully saturated rings. The second-order valence-corrected chi connectivity index (χ2v) is 7.96. The minimum atomic E-state index is -3.40. The van der Waals surface area contributed by atoms with Crippen molar-refractivity contribution in [3.63, 3.8) is 0 Å². The first kappa shape index (κ1) is 15.8. The number of sulfonamides is 1. The lowest BCUT2D eigenvalue weighted by Crippen LogP contribution is -2.42. The van der Waals surface area contributed by atoms with E-state index in [9.17, 15) is 13.2 Å². The van der Waals surface area contributed by atoms with Crippen molar-refractivity contribution in [2.24, 2.45) is 0 Å². The van der Waals surface area contributed by atoms with Crippen LogP contribution in [-0.4, -0.2) is 42.7 Å². The number of nitrogens with zero attached hydrogens (tertiary/aromatic N) is 1. The SMILES string of the molecule is CN(C1CC(C)(C)Oc2ccc(C(=O)O)cc21)S(C)(=O)=O. The molecule has 0 aromatic heterocycles. The van der Waals surface area contributed by atoms with Crippen molar-refractivity contribution in [1.82, 2.24) is 4.31 Å². The van der Waals surface area contributed by atoms with Crippen LogP contribution in [0.15, 0.2) is 18.2 Å². The van der Waals surface area contributed by atoms with Gasteiger partial charge in [-0.25, -0.2) is 13.2 Å². The molecular formula is C14H19NO5S. The minimum Gasteiger partial charge on any atom is -0.487 e. The van der Waals surface area contributed by atoms with Crippen molar-refractivity contribution in [2.45, 2.75) is 31.9 Å². The van der Waals surface area contributed by atoms with Gasteiger partial charge in [0.2, 0.25) is 10.0 Å². The summed E-state index contributed by atoms with van der Waals surface area (Å²) in [6.45, 7) is 3.76. The van der Waals surface area contributed by atoms with Gasteiger partial charge in [0.25, 0.3) is 0 Å². The van der Waals surface area contributed by atoms with Crippen LogP contribution in [0.5, 0.6) is 5.75 Å². The molecule has 1 aromatic rings. The highest BCUT2D eigenvalue weighted by atomic mass is 32.2. The monoisotopic (exact) mass is 313 g/mol. The summed E-state index contributed by atoms with van der Waals surface area (Å²) in [6, 6.07) is 4.08. The van der Waals surface area contributed by atoms with Crippen molar-refractivity contribution in [2.75, 3.05) is 13.3 Å². The average molecular weight is 313 g/mol. The van der Waals surface area contributed by atoms with Crippen molar-refractivity contribution in [3.05, 3.63) is 29.3 Å². The molecule has 1 aromatic carbocycles. The predicted octanol–water partition coefficient (Wildman–Crippen LogP) is 1.88. The van der Waals surface area contributed by atoms with E-state index < -0.39 is 27.6 Å². The fraction of sp³-hybridized carbons (Fsp3) is 0.500. The molecule has 0 saturated heterocycles. The Hall–Kier alpha value is -1.60. The Kier molecular flexibility index (Phi) is 3.75. The Morgan fingerprint density at radius 3 is 2.57 bits per heavy atom. The molecule has 0 spiro atoms. The molecule has 2 rings (SSSR count). The van der Waals surface area contributed by atoms with Crippen LogP contribution in [0.25, 0.3) is 0 Å². The highest BCUT2D eigenvalue weighted by Gasteiger charge is 2.38. The number of hydrogen-bond acceptors (Lipinski definition) is 4. The van der Waals surface area contributed by atoms with Crippen LogP contribution in [0.2, 0.25) is 0 Å². The fourth-order valence-electron chi connectivity index (χ4n) is 2.51. The molecule has 0 amide bonds. The highest BCUT2D eigenvalue weighted by molar-refractivity contribution is 7.88. The van der Waals surface area contributed by atoms with Crippen LogP contribution in [0.3, 0.4) is 0 Å². The average Bonchev–Trinajstić information content (AvgIpc) is 2.34. The number of carbonyl (C=O) groups is 1. The molecule has 21 heavy (non-hydrogen) atoms. The molecule has 1 aliphatic heterocycles. The first-order chi connectivity index (χ1) is 9.51. The van der Waals surface area contributed by atoms with Gasteiger partial charge in [0.15, 0.2) is 0 Å². The molecule has 116 valence electrons. The molecule has 1 heterocycles. The maximum Gasteiger partial charge on any atom is 0.335 e. The van der Waals surface area contributed by atoms with E-state index >= 15 is 0 Å². The van der Waals surface area contributed by atoms with Crippen LogP contribution >= 0.6 is 0 Å². The molecular weight excluding hydrogens is 294 g/mol. The third-order valence-electron chi connectivity index (χ3n) is 3.65. The zero-order valence-electron chi connectivity index (χ0n) is 12.5. The minimum absolute atomic E-state index is 0.115. The van der Waals surface area contributed by atoms with Gasteiger partial charge in [0.1, 0.15) is 11.4 Å². The standard InChI is InChI=1S/C14H19NO5S/c1-14(2)8-11(15(3)21(4,18)19)10-7-9(13(16)17)5-6-12(10)20-14/h5-7,11H,8H2,1-4H3,(H,16,17). The summed E-state index contributed by atoms with van der Waals surface area (Å²) in [6.07, 6.45) is 1.59. The second kappa shape index (κ2) is 4.99. The lowest BCUT2D eigenvalue weighted by Gasteiger charge is -2.40. The summed E-state index contributed by atoms with van der Waals surface area (Å²) in [5.74, 6) is -0.528. The number of carboxylic acids is 1. The fourth-order valence-corrected chi connectivity index (χ4v) is 3.16. The maximum absolute atomic E-state index is 11.8.